The highest BCUT2D eigenvalue weighted by molar-refractivity contribution is 5.78. The van der Waals surface area contributed by atoms with Crippen LogP contribution in [0.4, 0.5) is 0 Å². The van der Waals surface area contributed by atoms with Gasteiger partial charge >= 0.3 is 0 Å². The van der Waals surface area contributed by atoms with Gasteiger partial charge in [-0.3, -0.25) is 9.69 Å². The molecule has 0 radical (unpaired) electrons. The van der Waals surface area contributed by atoms with Crippen molar-refractivity contribution in [3.63, 3.8) is 0 Å². The molecule has 5 nitrogen and oxygen atoms in total. The molecule has 24 heavy (non-hydrogen) atoms. The Bertz CT molecular complexity index is 501. The highest BCUT2D eigenvalue weighted by Crippen LogP contribution is 2.22. The Morgan fingerprint density at radius 1 is 1.29 bits per heavy atom. The van der Waals surface area contributed by atoms with Gasteiger partial charge in [-0.25, -0.2) is 0 Å². The third kappa shape index (κ3) is 5.80. The van der Waals surface area contributed by atoms with Crippen LogP contribution in [-0.4, -0.2) is 55.3 Å². The minimum absolute atomic E-state index is 0.0314. The zero-order valence-corrected chi connectivity index (χ0v) is 14.7. The maximum atomic E-state index is 12.2. The summed E-state index contributed by atoms with van der Waals surface area (Å²) >= 11 is 0. The van der Waals surface area contributed by atoms with E-state index in [2.05, 4.69) is 10.2 Å². The van der Waals surface area contributed by atoms with Crippen molar-refractivity contribution in [3.05, 3.63) is 29.8 Å². The lowest BCUT2D eigenvalue weighted by Crippen LogP contribution is -2.45. The van der Waals surface area contributed by atoms with Crippen molar-refractivity contribution in [3.8, 4) is 5.75 Å². The number of nitrogens with zero attached hydrogens (tertiary/aromatic N) is 1. The molecule has 0 aromatic heterocycles. The van der Waals surface area contributed by atoms with E-state index in [1.54, 1.807) is 7.11 Å². The van der Waals surface area contributed by atoms with Crippen LogP contribution in [0.3, 0.4) is 0 Å². The fraction of sp³-hybridized carbons (Fsp3) is 0.632. The van der Waals surface area contributed by atoms with Crippen LogP contribution in [0, 0.1) is 0 Å². The van der Waals surface area contributed by atoms with Crippen molar-refractivity contribution >= 4 is 5.91 Å². The van der Waals surface area contributed by atoms with Crippen LogP contribution in [0.15, 0.2) is 24.3 Å². The summed E-state index contributed by atoms with van der Waals surface area (Å²) in [5.41, 5.74) is 1.10. The quantitative estimate of drug-likeness (QED) is 0.725. The second-order valence-electron chi connectivity index (χ2n) is 6.40. The van der Waals surface area contributed by atoms with Gasteiger partial charge in [-0.15, -0.1) is 0 Å². The molecule has 0 spiro atoms. The lowest BCUT2D eigenvalue weighted by atomic mass is 9.94. The number of para-hydroxylation sites is 1. The maximum absolute atomic E-state index is 12.2. The molecule has 0 aliphatic heterocycles. The van der Waals surface area contributed by atoms with E-state index in [0.29, 0.717) is 25.7 Å². The number of rotatable bonds is 9. The lowest BCUT2D eigenvalue weighted by Gasteiger charge is -2.33. The van der Waals surface area contributed by atoms with Gasteiger partial charge < -0.3 is 15.2 Å². The monoisotopic (exact) mass is 334 g/mol. The number of hydrogen-bond donors (Lipinski definition) is 2. The molecule has 1 aromatic carbocycles. The number of aliphatic hydroxyl groups excluding tert-OH is 1. The fourth-order valence-corrected chi connectivity index (χ4v) is 3.45. The summed E-state index contributed by atoms with van der Waals surface area (Å²) in [6.45, 7) is 1.64. The van der Waals surface area contributed by atoms with Crippen molar-refractivity contribution in [2.24, 2.45) is 0 Å². The van der Waals surface area contributed by atoms with Gasteiger partial charge in [0, 0.05) is 19.1 Å². The SMILES string of the molecule is COc1ccccc1CCNC(=O)CN(CCO)C1CCCCC1. The number of benzene rings is 1. The average Bonchev–Trinajstić information content (AvgIpc) is 2.62. The van der Waals surface area contributed by atoms with Crippen LogP contribution < -0.4 is 10.1 Å². The lowest BCUT2D eigenvalue weighted by molar-refractivity contribution is -0.123. The van der Waals surface area contributed by atoms with Gasteiger partial charge in [0.25, 0.3) is 0 Å². The highest BCUT2D eigenvalue weighted by atomic mass is 16.5. The number of carbonyl (C=O) groups is 1. The molecule has 1 amide bonds. The first kappa shape index (κ1) is 18.7. The van der Waals surface area contributed by atoms with Crippen LogP contribution in [0.5, 0.6) is 5.75 Å². The summed E-state index contributed by atoms with van der Waals surface area (Å²) in [5, 5.41) is 12.3. The summed E-state index contributed by atoms with van der Waals surface area (Å²) in [4.78, 5) is 14.4. The molecule has 1 aliphatic carbocycles. The first-order valence-electron chi connectivity index (χ1n) is 8.98. The number of methoxy groups -OCH3 is 1. The summed E-state index contributed by atoms with van der Waals surface area (Å²) < 4.78 is 5.33. The Morgan fingerprint density at radius 2 is 2.04 bits per heavy atom. The number of nitrogens with one attached hydrogen (secondary N) is 1. The Labute approximate surface area is 145 Å². The third-order valence-corrected chi connectivity index (χ3v) is 4.73. The van der Waals surface area contributed by atoms with E-state index in [0.717, 1.165) is 30.6 Å². The molecule has 0 bridgehead atoms. The average molecular weight is 334 g/mol. The molecule has 134 valence electrons. The van der Waals surface area contributed by atoms with Crippen LogP contribution in [0.25, 0.3) is 0 Å². The Balaban J connectivity index is 1.78. The van der Waals surface area contributed by atoms with E-state index in [-0.39, 0.29) is 12.5 Å². The standard InChI is InChI=1S/C19H30N2O3/c1-24-18-10-6-5-7-16(18)11-12-20-19(23)15-21(13-14-22)17-8-3-2-4-9-17/h5-7,10,17,22H,2-4,8-9,11-15H2,1H3,(H,20,23). The topological polar surface area (TPSA) is 61.8 Å². The van der Waals surface area contributed by atoms with E-state index in [4.69, 9.17) is 4.74 Å². The van der Waals surface area contributed by atoms with E-state index < -0.39 is 0 Å². The van der Waals surface area contributed by atoms with Crippen LogP contribution in [0.2, 0.25) is 0 Å². The van der Waals surface area contributed by atoms with Gasteiger partial charge in [0.1, 0.15) is 5.75 Å². The molecule has 1 aromatic rings. The predicted molar refractivity (Wildman–Crippen MR) is 95.2 cm³/mol. The maximum Gasteiger partial charge on any atom is 0.234 e. The molecule has 1 fully saturated rings. The third-order valence-electron chi connectivity index (χ3n) is 4.73. The van der Waals surface area contributed by atoms with Gasteiger partial charge in [-0.05, 0) is 30.9 Å². The molecule has 1 aliphatic rings. The van der Waals surface area contributed by atoms with Crippen molar-refractivity contribution in [1.29, 1.82) is 0 Å². The number of hydrogen-bond acceptors (Lipinski definition) is 4. The van der Waals surface area contributed by atoms with Gasteiger partial charge in [-0.1, -0.05) is 37.5 Å². The predicted octanol–water partition coefficient (Wildman–Crippen LogP) is 1.98. The molecule has 0 heterocycles. The number of carbonyl (C=O) groups excluding carboxylic acids is 1. The zero-order chi connectivity index (χ0) is 17.2. The van der Waals surface area contributed by atoms with Gasteiger partial charge in [0.05, 0.1) is 20.3 Å². The normalized spacial score (nSPS) is 15.5. The van der Waals surface area contributed by atoms with Crippen LogP contribution in [-0.2, 0) is 11.2 Å². The van der Waals surface area contributed by atoms with E-state index >= 15 is 0 Å². The zero-order valence-electron chi connectivity index (χ0n) is 14.7. The molecule has 5 heteroatoms. The number of ether oxygens (including phenoxy) is 1. The van der Waals surface area contributed by atoms with Gasteiger partial charge in [0.2, 0.25) is 5.91 Å². The Kier molecular flexibility index (Phi) is 8.05. The summed E-state index contributed by atoms with van der Waals surface area (Å²) in [6, 6.07) is 8.31. The van der Waals surface area contributed by atoms with Crippen LogP contribution in [0.1, 0.15) is 37.7 Å². The molecular formula is C19H30N2O3. The Hall–Kier alpha value is -1.59. The van der Waals surface area contributed by atoms with Crippen molar-refractivity contribution in [2.75, 3.05) is 33.4 Å². The summed E-state index contributed by atoms with van der Waals surface area (Å²) in [5.74, 6) is 0.889. The highest BCUT2D eigenvalue weighted by Gasteiger charge is 2.22. The van der Waals surface area contributed by atoms with Crippen LogP contribution >= 0.6 is 0 Å². The van der Waals surface area contributed by atoms with Gasteiger partial charge in [-0.2, -0.15) is 0 Å². The molecule has 0 saturated heterocycles. The van der Waals surface area contributed by atoms with Gasteiger partial charge in [0.15, 0.2) is 0 Å². The van der Waals surface area contributed by atoms with Crippen molar-refractivity contribution < 1.29 is 14.6 Å². The molecule has 1 saturated carbocycles. The first-order chi connectivity index (χ1) is 11.7. The summed E-state index contributed by atoms with van der Waals surface area (Å²) in [6.07, 6.45) is 6.75. The molecule has 2 N–H and O–H groups in total. The Morgan fingerprint density at radius 3 is 2.75 bits per heavy atom. The minimum atomic E-state index is 0.0314. The molecule has 0 atom stereocenters. The first-order valence-corrected chi connectivity index (χ1v) is 8.98. The van der Waals surface area contributed by atoms with Crippen molar-refractivity contribution in [1.82, 2.24) is 10.2 Å². The van der Waals surface area contributed by atoms with E-state index in [1.165, 1.54) is 19.3 Å². The van der Waals surface area contributed by atoms with E-state index in [9.17, 15) is 9.90 Å². The summed E-state index contributed by atoms with van der Waals surface area (Å²) in [7, 11) is 1.66. The number of aliphatic hydroxyl groups is 1. The number of amides is 1. The minimum Gasteiger partial charge on any atom is -0.496 e. The smallest absolute Gasteiger partial charge is 0.234 e. The largest absolute Gasteiger partial charge is 0.496 e. The molecular weight excluding hydrogens is 304 g/mol. The van der Waals surface area contributed by atoms with Crippen molar-refractivity contribution in [2.45, 2.75) is 44.6 Å². The molecule has 0 unspecified atom stereocenters. The fourth-order valence-electron chi connectivity index (χ4n) is 3.45. The molecule has 2 rings (SSSR count). The second-order valence-corrected chi connectivity index (χ2v) is 6.40. The second kappa shape index (κ2) is 10.3. The van der Waals surface area contributed by atoms with E-state index in [1.807, 2.05) is 24.3 Å².